The van der Waals surface area contributed by atoms with Gasteiger partial charge in [-0.3, -0.25) is 0 Å². The van der Waals surface area contributed by atoms with Gasteiger partial charge in [0.2, 0.25) is 10.0 Å². The van der Waals surface area contributed by atoms with E-state index in [0.29, 0.717) is 24.2 Å². The average Bonchev–Trinajstić information content (AvgIpc) is 2.75. The monoisotopic (exact) mass is 314 g/mol. The minimum Gasteiger partial charge on any atom is -0.316 e. The molecular formula is C15H23FN2O2S. The first-order valence-electron chi connectivity index (χ1n) is 7.16. The number of rotatable bonds is 4. The molecule has 6 heteroatoms. The van der Waals surface area contributed by atoms with Crippen LogP contribution in [-0.4, -0.2) is 31.9 Å². The summed E-state index contributed by atoms with van der Waals surface area (Å²) >= 11 is 0. The van der Waals surface area contributed by atoms with Crippen molar-refractivity contribution in [2.45, 2.75) is 50.6 Å². The average molecular weight is 314 g/mol. The largest absolute Gasteiger partial charge is 0.316 e. The van der Waals surface area contributed by atoms with Gasteiger partial charge in [0.05, 0.1) is 4.90 Å². The van der Waals surface area contributed by atoms with Gasteiger partial charge in [-0.25, -0.2) is 12.8 Å². The molecule has 1 fully saturated rings. The van der Waals surface area contributed by atoms with Gasteiger partial charge in [-0.05, 0) is 58.4 Å². The van der Waals surface area contributed by atoms with Gasteiger partial charge in [-0.15, -0.1) is 0 Å². The van der Waals surface area contributed by atoms with Gasteiger partial charge in [0, 0.05) is 24.2 Å². The number of benzene rings is 1. The first-order chi connectivity index (χ1) is 9.70. The third-order valence-corrected chi connectivity index (χ3v) is 6.17. The highest BCUT2D eigenvalue weighted by Gasteiger charge is 2.41. The molecule has 0 saturated carbocycles. The molecule has 1 aliphatic rings. The van der Waals surface area contributed by atoms with Crippen molar-refractivity contribution in [1.29, 1.82) is 0 Å². The normalized spacial score (nSPS) is 19.1. The van der Waals surface area contributed by atoms with E-state index in [0.717, 1.165) is 12.8 Å². The molecule has 1 saturated heterocycles. The highest BCUT2D eigenvalue weighted by Crippen LogP contribution is 2.34. The molecule has 0 bridgehead atoms. The van der Waals surface area contributed by atoms with Gasteiger partial charge in [0.1, 0.15) is 5.82 Å². The van der Waals surface area contributed by atoms with E-state index >= 15 is 0 Å². The topological polar surface area (TPSA) is 49.4 Å². The van der Waals surface area contributed by atoms with Crippen LogP contribution < -0.4 is 5.32 Å². The second-order valence-electron chi connectivity index (χ2n) is 6.24. The molecular weight excluding hydrogens is 291 g/mol. The molecule has 1 heterocycles. The number of hydrogen-bond acceptors (Lipinski definition) is 3. The van der Waals surface area contributed by atoms with Gasteiger partial charge in [0.15, 0.2) is 0 Å². The maximum Gasteiger partial charge on any atom is 0.243 e. The molecule has 21 heavy (non-hydrogen) atoms. The summed E-state index contributed by atoms with van der Waals surface area (Å²) in [6.07, 6.45) is 1.70. The number of nitrogens with one attached hydrogen (secondary N) is 1. The van der Waals surface area contributed by atoms with Crippen LogP contribution >= 0.6 is 0 Å². The smallest absolute Gasteiger partial charge is 0.243 e. The van der Waals surface area contributed by atoms with Gasteiger partial charge in [-0.1, -0.05) is 0 Å². The second kappa shape index (κ2) is 5.66. The molecule has 1 aromatic carbocycles. The quantitative estimate of drug-likeness (QED) is 0.928. The third kappa shape index (κ3) is 2.98. The second-order valence-corrected chi connectivity index (χ2v) is 8.10. The first-order valence-corrected chi connectivity index (χ1v) is 8.60. The van der Waals surface area contributed by atoms with Crippen LogP contribution in [0.2, 0.25) is 0 Å². The molecule has 1 N–H and O–H groups in total. The zero-order chi connectivity index (χ0) is 15.8. The van der Waals surface area contributed by atoms with Crippen LogP contribution in [0.25, 0.3) is 0 Å². The molecule has 0 aliphatic carbocycles. The zero-order valence-corrected chi connectivity index (χ0v) is 13.8. The molecule has 0 radical (unpaired) electrons. The van der Waals surface area contributed by atoms with E-state index in [-0.39, 0.29) is 16.3 Å². The van der Waals surface area contributed by atoms with E-state index in [1.807, 2.05) is 13.8 Å². The minimum absolute atomic E-state index is 0.182. The lowest BCUT2D eigenvalue weighted by Gasteiger charge is -2.30. The van der Waals surface area contributed by atoms with E-state index in [4.69, 9.17) is 0 Å². The lowest BCUT2D eigenvalue weighted by Crippen LogP contribution is -2.42. The highest BCUT2D eigenvalue weighted by molar-refractivity contribution is 7.89. The van der Waals surface area contributed by atoms with Crippen LogP contribution in [-0.2, 0) is 16.6 Å². The Balaban J connectivity index is 2.50. The van der Waals surface area contributed by atoms with Crippen molar-refractivity contribution in [3.8, 4) is 0 Å². The predicted molar refractivity (Wildman–Crippen MR) is 81.1 cm³/mol. The molecule has 1 aromatic rings. The molecule has 2 rings (SSSR count). The fourth-order valence-electron chi connectivity index (χ4n) is 2.93. The van der Waals surface area contributed by atoms with Crippen LogP contribution in [0.4, 0.5) is 4.39 Å². The van der Waals surface area contributed by atoms with Crippen LogP contribution in [0.1, 0.15) is 37.8 Å². The zero-order valence-electron chi connectivity index (χ0n) is 13.0. The lowest BCUT2D eigenvalue weighted by molar-refractivity contribution is 0.291. The van der Waals surface area contributed by atoms with Crippen molar-refractivity contribution < 1.29 is 12.8 Å². The summed E-state index contributed by atoms with van der Waals surface area (Å²) in [6, 6.07) is 2.88. The number of halogens is 1. The molecule has 0 aromatic heterocycles. The third-order valence-electron chi connectivity index (χ3n) is 4.08. The van der Waals surface area contributed by atoms with Crippen molar-refractivity contribution in [1.82, 2.24) is 9.62 Å². The van der Waals surface area contributed by atoms with E-state index in [1.54, 1.807) is 14.0 Å². The molecule has 1 aliphatic heterocycles. The standard InChI is InChI=1S/C15H23FN2O2S/c1-11-8-13(9-12(10-17-4)14(11)16)21(19,20)18-7-5-6-15(18,2)3/h8-9,17H,5-7,10H2,1-4H3. The van der Waals surface area contributed by atoms with Crippen molar-refractivity contribution in [3.63, 3.8) is 0 Å². The fraction of sp³-hybridized carbons (Fsp3) is 0.600. The van der Waals surface area contributed by atoms with Gasteiger partial charge in [-0.2, -0.15) is 4.31 Å². The van der Waals surface area contributed by atoms with Crippen LogP contribution in [0.5, 0.6) is 0 Å². The van der Waals surface area contributed by atoms with Crippen LogP contribution in [0.3, 0.4) is 0 Å². The summed E-state index contributed by atoms with van der Waals surface area (Å²) < 4.78 is 41.3. The number of aryl methyl sites for hydroxylation is 1. The van der Waals surface area contributed by atoms with E-state index in [9.17, 15) is 12.8 Å². The summed E-state index contributed by atoms with van der Waals surface area (Å²) in [6.45, 7) is 6.29. The van der Waals surface area contributed by atoms with Gasteiger partial charge < -0.3 is 5.32 Å². The Labute approximate surface area is 126 Å². The summed E-state index contributed by atoms with van der Waals surface area (Å²) in [7, 11) is -1.88. The molecule has 0 atom stereocenters. The molecule has 118 valence electrons. The van der Waals surface area contributed by atoms with Crippen molar-refractivity contribution >= 4 is 10.0 Å². The maximum atomic E-state index is 14.0. The van der Waals surface area contributed by atoms with Crippen molar-refractivity contribution in [2.24, 2.45) is 0 Å². The molecule has 4 nitrogen and oxygen atoms in total. The molecule has 0 amide bonds. The summed E-state index contributed by atoms with van der Waals surface area (Å²) in [5.41, 5.74) is 0.357. The van der Waals surface area contributed by atoms with Crippen molar-refractivity contribution in [3.05, 3.63) is 29.1 Å². The molecule has 0 unspecified atom stereocenters. The Morgan fingerprint density at radius 3 is 2.57 bits per heavy atom. The maximum absolute atomic E-state index is 14.0. The Kier molecular flexibility index (Phi) is 4.42. The lowest BCUT2D eigenvalue weighted by atomic mass is 10.0. The minimum atomic E-state index is -3.59. The van der Waals surface area contributed by atoms with Gasteiger partial charge >= 0.3 is 0 Å². The summed E-state index contributed by atoms with van der Waals surface area (Å²) in [5, 5.41) is 2.87. The van der Waals surface area contributed by atoms with Crippen LogP contribution in [0, 0.1) is 12.7 Å². The van der Waals surface area contributed by atoms with E-state index in [1.165, 1.54) is 16.4 Å². The van der Waals surface area contributed by atoms with Crippen molar-refractivity contribution in [2.75, 3.05) is 13.6 Å². The first kappa shape index (κ1) is 16.4. The highest BCUT2D eigenvalue weighted by atomic mass is 32.2. The van der Waals surface area contributed by atoms with E-state index in [2.05, 4.69) is 5.32 Å². The fourth-order valence-corrected chi connectivity index (χ4v) is 4.91. The Hall–Kier alpha value is -0.980. The van der Waals surface area contributed by atoms with Gasteiger partial charge in [0.25, 0.3) is 0 Å². The Morgan fingerprint density at radius 1 is 1.38 bits per heavy atom. The molecule has 0 spiro atoms. The predicted octanol–water partition coefficient (Wildman–Crippen LogP) is 2.42. The summed E-state index contributed by atoms with van der Waals surface area (Å²) in [5.74, 6) is -0.344. The Morgan fingerprint density at radius 2 is 2.05 bits per heavy atom. The number of nitrogens with zero attached hydrogens (tertiary/aromatic N) is 1. The van der Waals surface area contributed by atoms with Crippen LogP contribution in [0.15, 0.2) is 17.0 Å². The number of sulfonamides is 1. The van der Waals surface area contributed by atoms with E-state index < -0.39 is 10.0 Å². The SMILES string of the molecule is CNCc1cc(S(=O)(=O)N2CCCC2(C)C)cc(C)c1F. The Bertz CT molecular complexity index is 641. The summed E-state index contributed by atoms with van der Waals surface area (Å²) in [4.78, 5) is 0.182. The number of hydrogen-bond donors (Lipinski definition) is 1.